The van der Waals surface area contributed by atoms with Gasteiger partial charge in [-0.1, -0.05) is 41.9 Å². The fourth-order valence-electron chi connectivity index (χ4n) is 3.02. The molecule has 3 aromatic rings. The summed E-state index contributed by atoms with van der Waals surface area (Å²) in [6, 6.07) is 15.3. The molecule has 1 atom stereocenters. The monoisotopic (exact) mass is 406 g/mol. The Morgan fingerprint density at radius 2 is 1.81 bits per heavy atom. The summed E-state index contributed by atoms with van der Waals surface area (Å²) in [4.78, 5) is 18.1. The molecule has 1 N–H and O–H groups in total. The number of aromatic nitrogens is 1. The van der Waals surface area contributed by atoms with Crippen molar-refractivity contribution in [3.05, 3.63) is 70.4 Å². The molecule has 3 rings (SSSR count). The van der Waals surface area contributed by atoms with Crippen LogP contribution in [0, 0.1) is 6.92 Å². The number of H-pyrrole nitrogens is 1. The number of halogens is 2. The highest BCUT2D eigenvalue weighted by atomic mass is 35.5. The van der Waals surface area contributed by atoms with E-state index in [9.17, 15) is 4.79 Å². The van der Waals surface area contributed by atoms with Crippen LogP contribution in [0.4, 0.5) is 0 Å². The maximum absolute atomic E-state index is 12.8. The van der Waals surface area contributed by atoms with Crippen LogP contribution in [0.2, 0.25) is 5.02 Å². The molecule has 144 valence electrons. The Morgan fingerprint density at radius 3 is 2.44 bits per heavy atom. The highest BCUT2D eigenvalue weighted by Crippen LogP contribution is 2.27. The molecule has 1 unspecified atom stereocenters. The number of fused-ring (bicyclic) bond motifs is 1. The van der Waals surface area contributed by atoms with E-state index in [0.29, 0.717) is 17.1 Å². The number of carbonyl (C=O) groups is 1. The van der Waals surface area contributed by atoms with Crippen molar-refractivity contribution in [2.45, 2.75) is 19.4 Å². The fraction of sp³-hybridized carbons (Fsp3) is 0.286. The number of nitrogens with zero attached hydrogens (tertiary/aromatic N) is 1. The summed E-state index contributed by atoms with van der Waals surface area (Å²) in [5.41, 5.74) is 3.30. The summed E-state index contributed by atoms with van der Waals surface area (Å²) in [7, 11) is 4.01. The van der Waals surface area contributed by atoms with Crippen LogP contribution < -0.4 is 0 Å². The molecule has 2 aromatic carbocycles. The molecule has 0 aliphatic rings. The zero-order valence-corrected chi connectivity index (χ0v) is 17.2. The zero-order chi connectivity index (χ0) is 18.7. The largest absolute Gasteiger partial charge is 0.453 e. The van der Waals surface area contributed by atoms with Crippen molar-refractivity contribution >= 4 is 40.9 Å². The molecule has 0 saturated heterocycles. The van der Waals surface area contributed by atoms with Gasteiger partial charge in [0.1, 0.15) is 11.8 Å². The van der Waals surface area contributed by atoms with E-state index < -0.39 is 0 Å². The summed E-state index contributed by atoms with van der Waals surface area (Å²) < 4.78 is 5.88. The van der Waals surface area contributed by atoms with Gasteiger partial charge in [-0.05, 0) is 50.3 Å². The SMILES string of the molecule is Cc1c(C(=O)OC(CCN(C)C)c2ccc(Cl)cc2)[nH]c2ccccc12.Cl. The molecule has 0 fully saturated rings. The molecular weight excluding hydrogens is 383 g/mol. The van der Waals surface area contributed by atoms with Gasteiger partial charge in [-0.15, -0.1) is 12.4 Å². The van der Waals surface area contributed by atoms with Crippen molar-refractivity contribution in [3.63, 3.8) is 0 Å². The van der Waals surface area contributed by atoms with Crippen LogP contribution in [0.25, 0.3) is 10.9 Å². The number of benzene rings is 2. The first kappa shape index (κ1) is 21.3. The minimum absolute atomic E-state index is 0. The number of carbonyl (C=O) groups excluding carboxylic acids is 1. The van der Waals surface area contributed by atoms with Crippen molar-refractivity contribution in [1.29, 1.82) is 0 Å². The first-order valence-corrected chi connectivity index (χ1v) is 9.02. The molecule has 0 radical (unpaired) electrons. The molecular formula is C21H24Cl2N2O2. The molecule has 6 heteroatoms. The van der Waals surface area contributed by atoms with Gasteiger partial charge in [0.25, 0.3) is 0 Å². The van der Waals surface area contributed by atoms with E-state index in [1.54, 1.807) is 0 Å². The lowest BCUT2D eigenvalue weighted by atomic mass is 10.1. The number of ether oxygens (including phenoxy) is 1. The van der Waals surface area contributed by atoms with Gasteiger partial charge in [0.2, 0.25) is 0 Å². The highest BCUT2D eigenvalue weighted by molar-refractivity contribution is 6.30. The van der Waals surface area contributed by atoms with Gasteiger partial charge in [-0.25, -0.2) is 4.79 Å². The second kappa shape index (κ2) is 9.27. The van der Waals surface area contributed by atoms with Crippen LogP contribution >= 0.6 is 24.0 Å². The zero-order valence-electron chi connectivity index (χ0n) is 15.7. The van der Waals surface area contributed by atoms with Gasteiger partial charge in [-0.3, -0.25) is 0 Å². The maximum Gasteiger partial charge on any atom is 0.355 e. The van der Waals surface area contributed by atoms with E-state index in [0.717, 1.165) is 28.6 Å². The van der Waals surface area contributed by atoms with Gasteiger partial charge in [-0.2, -0.15) is 0 Å². The highest BCUT2D eigenvalue weighted by Gasteiger charge is 2.22. The van der Waals surface area contributed by atoms with Crippen LogP contribution in [0.15, 0.2) is 48.5 Å². The third kappa shape index (κ3) is 5.04. The number of aryl methyl sites for hydroxylation is 1. The predicted octanol–water partition coefficient (Wildman–Crippen LogP) is 5.40. The average molecular weight is 407 g/mol. The minimum atomic E-state index is -0.336. The lowest BCUT2D eigenvalue weighted by Crippen LogP contribution is -2.20. The van der Waals surface area contributed by atoms with Crippen molar-refractivity contribution in [3.8, 4) is 0 Å². The van der Waals surface area contributed by atoms with E-state index >= 15 is 0 Å². The molecule has 0 spiro atoms. The first-order valence-electron chi connectivity index (χ1n) is 8.64. The maximum atomic E-state index is 12.8. The molecule has 0 aliphatic carbocycles. The smallest absolute Gasteiger partial charge is 0.355 e. The Balaban J connectivity index is 0.00000261. The second-order valence-corrected chi connectivity index (χ2v) is 7.14. The summed E-state index contributed by atoms with van der Waals surface area (Å²) in [6.07, 6.45) is 0.382. The number of aromatic amines is 1. The standard InChI is InChI=1S/C21H23ClN2O2.ClH/c1-14-17-6-4-5-7-18(17)23-20(14)21(25)26-19(12-13-24(2)3)15-8-10-16(22)11-9-15;/h4-11,19,23H,12-13H2,1-3H3;1H. The average Bonchev–Trinajstić information content (AvgIpc) is 2.96. The van der Waals surface area contributed by atoms with E-state index in [1.807, 2.05) is 69.6 Å². The third-order valence-corrected chi connectivity index (χ3v) is 4.75. The Labute approximate surface area is 170 Å². The fourth-order valence-corrected chi connectivity index (χ4v) is 3.15. The summed E-state index contributed by atoms with van der Waals surface area (Å²) in [5, 5.41) is 1.70. The lowest BCUT2D eigenvalue weighted by Gasteiger charge is -2.20. The van der Waals surface area contributed by atoms with Gasteiger partial charge in [0.15, 0.2) is 0 Å². The molecule has 1 aromatic heterocycles. The minimum Gasteiger partial charge on any atom is -0.453 e. The quantitative estimate of drug-likeness (QED) is 0.557. The number of hydrogen-bond donors (Lipinski definition) is 1. The van der Waals surface area contributed by atoms with E-state index in [1.165, 1.54) is 0 Å². The van der Waals surface area contributed by atoms with Crippen LogP contribution in [0.1, 0.15) is 34.1 Å². The van der Waals surface area contributed by atoms with E-state index in [-0.39, 0.29) is 24.5 Å². The number of rotatable bonds is 6. The van der Waals surface area contributed by atoms with Crippen molar-refractivity contribution in [2.24, 2.45) is 0 Å². The van der Waals surface area contributed by atoms with E-state index in [2.05, 4.69) is 9.88 Å². The van der Waals surface area contributed by atoms with Crippen LogP contribution in [0.5, 0.6) is 0 Å². The van der Waals surface area contributed by atoms with Crippen molar-refractivity contribution < 1.29 is 9.53 Å². The molecule has 1 heterocycles. The molecule has 0 aliphatic heterocycles. The van der Waals surface area contributed by atoms with Crippen LogP contribution in [-0.4, -0.2) is 36.5 Å². The summed E-state index contributed by atoms with van der Waals surface area (Å²) in [5.74, 6) is -0.336. The molecule has 27 heavy (non-hydrogen) atoms. The van der Waals surface area contributed by atoms with Crippen molar-refractivity contribution in [2.75, 3.05) is 20.6 Å². The molecule has 4 nitrogen and oxygen atoms in total. The normalized spacial score (nSPS) is 12.0. The van der Waals surface area contributed by atoms with Crippen LogP contribution in [0.3, 0.4) is 0 Å². The number of hydrogen-bond acceptors (Lipinski definition) is 3. The van der Waals surface area contributed by atoms with Gasteiger partial charge >= 0.3 is 5.97 Å². The molecule has 0 bridgehead atoms. The number of para-hydroxylation sites is 1. The van der Waals surface area contributed by atoms with Gasteiger partial charge in [0.05, 0.1) is 0 Å². The lowest BCUT2D eigenvalue weighted by molar-refractivity contribution is 0.0254. The number of nitrogens with one attached hydrogen (secondary N) is 1. The topological polar surface area (TPSA) is 45.3 Å². The second-order valence-electron chi connectivity index (χ2n) is 6.71. The number of esters is 1. The summed E-state index contributed by atoms with van der Waals surface area (Å²) >= 11 is 5.99. The Hall–Kier alpha value is -2.01. The summed E-state index contributed by atoms with van der Waals surface area (Å²) in [6.45, 7) is 2.75. The predicted molar refractivity (Wildman–Crippen MR) is 113 cm³/mol. The van der Waals surface area contributed by atoms with Gasteiger partial charge in [0, 0.05) is 28.9 Å². The Kier molecular flexibility index (Phi) is 7.31. The first-order chi connectivity index (χ1) is 12.5. The molecule has 0 amide bonds. The van der Waals surface area contributed by atoms with E-state index in [4.69, 9.17) is 16.3 Å². The Morgan fingerprint density at radius 1 is 1.15 bits per heavy atom. The third-order valence-electron chi connectivity index (χ3n) is 4.50. The van der Waals surface area contributed by atoms with Crippen LogP contribution in [-0.2, 0) is 4.74 Å². The molecule has 0 saturated carbocycles. The van der Waals surface area contributed by atoms with Crippen molar-refractivity contribution in [1.82, 2.24) is 9.88 Å². The Bertz CT molecular complexity index is 904. The van der Waals surface area contributed by atoms with Gasteiger partial charge < -0.3 is 14.6 Å².